The molecule has 2 aliphatic rings. The predicted molar refractivity (Wildman–Crippen MR) is 225 cm³/mol. The van der Waals surface area contributed by atoms with Crippen LogP contribution in [0.1, 0.15) is 86.6 Å². The lowest BCUT2D eigenvalue weighted by molar-refractivity contribution is -0.149. The second-order valence-corrected chi connectivity index (χ2v) is 16.8. The fourth-order valence-electron chi connectivity index (χ4n) is 8.72. The lowest BCUT2D eigenvalue weighted by atomic mass is 9.89. The molecule has 1 aromatic carbocycles. The summed E-state index contributed by atoms with van der Waals surface area (Å²) in [6, 6.07) is 6.57. The average molecular weight is 815 g/mol. The van der Waals surface area contributed by atoms with Crippen molar-refractivity contribution in [1.82, 2.24) is 30.7 Å². The van der Waals surface area contributed by atoms with E-state index in [2.05, 4.69) is 20.9 Å². The Balaban J connectivity index is 1.78. The Kier molecular flexibility index (Phi) is 20.1. The smallest absolute Gasteiger partial charge is 0.328 e. The molecular formula is C44H74N6O8. The van der Waals surface area contributed by atoms with Crippen molar-refractivity contribution in [2.75, 3.05) is 60.6 Å². The number of hydrogen-bond acceptors (Lipinski definition) is 10. The van der Waals surface area contributed by atoms with Gasteiger partial charge in [-0.2, -0.15) is 0 Å². The number of rotatable bonds is 22. The van der Waals surface area contributed by atoms with E-state index in [1.165, 1.54) is 7.11 Å². The SMILES string of the molecule is CCOC(=O)[C@H](Cc1ccccc1)NC(=O)[C@H](C)[C@@H](OC)[C@@H]1CCCN1C(=O)C[C@@H](OC)[C@H]([C@@H](C)CC)N(C)C(=O)[C@@H](NC(=O)[C@H](C(C)C)N1CCNCC1)C(C)C. The number of methoxy groups -OCH3 is 2. The largest absolute Gasteiger partial charge is 0.464 e. The van der Waals surface area contributed by atoms with Gasteiger partial charge in [-0.3, -0.25) is 24.1 Å². The maximum atomic E-state index is 14.4. The minimum absolute atomic E-state index is 0.00969. The van der Waals surface area contributed by atoms with Gasteiger partial charge in [0.1, 0.15) is 12.1 Å². The van der Waals surface area contributed by atoms with E-state index in [4.69, 9.17) is 14.2 Å². The summed E-state index contributed by atoms with van der Waals surface area (Å²) in [4.78, 5) is 75.0. The number of piperazine rings is 1. The summed E-state index contributed by atoms with van der Waals surface area (Å²) < 4.78 is 17.3. The molecular weight excluding hydrogens is 741 g/mol. The number of esters is 1. The van der Waals surface area contributed by atoms with Crippen molar-refractivity contribution in [3.05, 3.63) is 35.9 Å². The van der Waals surface area contributed by atoms with Crippen molar-refractivity contribution < 1.29 is 38.2 Å². The fourth-order valence-corrected chi connectivity index (χ4v) is 8.72. The van der Waals surface area contributed by atoms with Crippen LogP contribution < -0.4 is 16.0 Å². The van der Waals surface area contributed by atoms with Crippen LogP contribution >= 0.6 is 0 Å². The molecule has 0 bridgehead atoms. The molecule has 3 rings (SSSR count). The van der Waals surface area contributed by atoms with Crippen LogP contribution in [0.25, 0.3) is 0 Å². The van der Waals surface area contributed by atoms with E-state index in [9.17, 15) is 24.0 Å². The third-order valence-corrected chi connectivity index (χ3v) is 12.1. The van der Waals surface area contributed by atoms with E-state index >= 15 is 0 Å². The number of likely N-dealkylation sites (N-methyl/N-ethyl adjacent to an activating group) is 1. The van der Waals surface area contributed by atoms with Crippen molar-refractivity contribution in [1.29, 1.82) is 0 Å². The van der Waals surface area contributed by atoms with Crippen LogP contribution in [0.4, 0.5) is 0 Å². The standard InChI is InChI=1S/C44H74N6O8/c1-12-30(7)39(48(9)43(54)37(28(3)4)47-42(53)38(29(5)6)49-24-21-45-22-25-49)35(56-10)27-36(51)50-23-17-20-34(50)40(57-11)31(8)41(52)46-33(44(55)58-13-2)26-32-18-15-14-16-19-32/h14-16,18-19,28-31,33-35,37-40,45H,12-13,17,20-27H2,1-11H3,(H,46,52)(H,47,53)/t30-,31+,33-,34-,35+,37-,38-,39-,40+/m0/s1. The summed E-state index contributed by atoms with van der Waals surface area (Å²) in [6.07, 6.45) is 1.10. The van der Waals surface area contributed by atoms with Crippen molar-refractivity contribution in [2.24, 2.45) is 23.7 Å². The summed E-state index contributed by atoms with van der Waals surface area (Å²) >= 11 is 0. The number of nitrogens with one attached hydrogen (secondary N) is 3. The number of ether oxygens (including phenoxy) is 3. The Bertz CT molecular complexity index is 1460. The number of carbonyl (C=O) groups excluding carboxylic acids is 5. The minimum Gasteiger partial charge on any atom is -0.464 e. The molecule has 3 N–H and O–H groups in total. The van der Waals surface area contributed by atoms with E-state index in [-0.39, 0.29) is 66.9 Å². The molecule has 0 unspecified atom stereocenters. The van der Waals surface area contributed by atoms with E-state index in [0.29, 0.717) is 13.0 Å². The van der Waals surface area contributed by atoms with Gasteiger partial charge in [-0.25, -0.2) is 4.79 Å². The zero-order valence-electron chi connectivity index (χ0n) is 37.1. The van der Waals surface area contributed by atoms with E-state index in [1.807, 2.05) is 71.9 Å². The Morgan fingerprint density at radius 1 is 0.879 bits per heavy atom. The maximum Gasteiger partial charge on any atom is 0.328 e. The molecule has 328 valence electrons. The molecule has 2 heterocycles. The zero-order chi connectivity index (χ0) is 43.1. The average Bonchev–Trinajstić information content (AvgIpc) is 3.69. The van der Waals surface area contributed by atoms with Crippen LogP contribution in [0.15, 0.2) is 30.3 Å². The maximum absolute atomic E-state index is 14.4. The van der Waals surface area contributed by atoms with Crippen LogP contribution in [0.2, 0.25) is 0 Å². The molecule has 58 heavy (non-hydrogen) atoms. The molecule has 14 heteroatoms. The number of benzene rings is 1. The van der Waals surface area contributed by atoms with Gasteiger partial charge in [-0.1, -0.05) is 85.2 Å². The molecule has 0 aliphatic carbocycles. The Hall–Kier alpha value is -3.59. The zero-order valence-corrected chi connectivity index (χ0v) is 37.1. The third-order valence-electron chi connectivity index (χ3n) is 12.1. The van der Waals surface area contributed by atoms with Gasteiger partial charge in [0.25, 0.3) is 0 Å². The Morgan fingerprint density at radius 3 is 2.09 bits per heavy atom. The van der Waals surface area contributed by atoms with Gasteiger partial charge in [0.15, 0.2) is 0 Å². The molecule has 1 aromatic rings. The molecule has 0 spiro atoms. The van der Waals surface area contributed by atoms with Crippen LogP contribution in [0.3, 0.4) is 0 Å². The number of nitrogens with zero attached hydrogens (tertiary/aromatic N) is 3. The van der Waals surface area contributed by atoms with Gasteiger partial charge >= 0.3 is 5.97 Å². The lowest BCUT2D eigenvalue weighted by Crippen LogP contribution is -2.61. The number of amides is 4. The quantitative estimate of drug-likeness (QED) is 0.149. The van der Waals surface area contributed by atoms with Crippen molar-refractivity contribution in [3.8, 4) is 0 Å². The molecule has 14 nitrogen and oxygen atoms in total. The van der Waals surface area contributed by atoms with E-state index in [1.54, 1.807) is 37.8 Å². The summed E-state index contributed by atoms with van der Waals surface area (Å²) in [7, 11) is 4.85. The summed E-state index contributed by atoms with van der Waals surface area (Å²) in [5.74, 6) is -2.28. The lowest BCUT2D eigenvalue weighted by Gasteiger charge is -2.41. The highest BCUT2D eigenvalue weighted by molar-refractivity contribution is 5.90. The number of hydrogen-bond donors (Lipinski definition) is 3. The molecule has 0 aromatic heterocycles. The van der Waals surface area contributed by atoms with E-state index < -0.39 is 48.3 Å². The normalized spacial score (nSPS) is 20.4. The second-order valence-electron chi connectivity index (χ2n) is 16.8. The fraction of sp³-hybridized carbons (Fsp3) is 0.750. The molecule has 2 saturated heterocycles. The molecule has 0 radical (unpaired) electrons. The van der Waals surface area contributed by atoms with Gasteiger partial charge < -0.3 is 40.0 Å². The van der Waals surface area contributed by atoms with Crippen LogP contribution in [0, 0.1) is 23.7 Å². The van der Waals surface area contributed by atoms with Gasteiger partial charge in [0.05, 0.1) is 49.3 Å². The van der Waals surface area contributed by atoms with Crippen molar-refractivity contribution in [3.63, 3.8) is 0 Å². The van der Waals surface area contributed by atoms with Crippen LogP contribution in [0.5, 0.6) is 0 Å². The van der Waals surface area contributed by atoms with Crippen LogP contribution in [-0.4, -0.2) is 147 Å². The highest BCUT2D eigenvalue weighted by Crippen LogP contribution is 2.30. The Labute approximate surface area is 347 Å². The Morgan fingerprint density at radius 2 is 1.53 bits per heavy atom. The molecule has 0 saturated carbocycles. The minimum atomic E-state index is -0.886. The van der Waals surface area contributed by atoms with E-state index in [0.717, 1.165) is 44.6 Å². The molecule has 9 atom stereocenters. The summed E-state index contributed by atoms with van der Waals surface area (Å²) in [6.45, 7) is 19.3. The second kappa shape index (κ2) is 23.9. The first-order valence-electron chi connectivity index (χ1n) is 21.5. The number of carbonyl (C=O) groups is 5. The van der Waals surface area contributed by atoms with Gasteiger partial charge in [0.2, 0.25) is 23.6 Å². The van der Waals surface area contributed by atoms with Gasteiger partial charge in [-0.05, 0) is 43.1 Å². The van der Waals surface area contributed by atoms with Gasteiger partial charge in [0, 0.05) is 60.4 Å². The summed E-state index contributed by atoms with van der Waals surface area (Å²) in [5.41, 5.74) is 0.884. The van der Waals surface area contributed by atoms with Crippen molar-refractivity contribution >= 4 is 29.6 Å². The molecule has 2 aliphatic heterocycles. The highest BCUT2D eigenvalue weighted by Gasteiger charge is 2.44. The predicted octanol–water partition coefficient (Wildman–Crippen LogP) is 3.27. The highest BCUT2D eigenvalue weighted by atomic mass is 16.5. The molecule has 2 fully saturated rings. The van der Waals surface area contributed by atoms with Gasteiger partial charge in [-0.15, -0.1) is 0 Å². The number of likely N-dealkylation sites (tertiary alicyclic amines) is 1. The monoisotopic (exact) mass is 815 g/mol. The molecule has 4 amide bonds. The third kappa shape index (κ3) is 13.0. The van der Waals surface area contributed by atoms with Crippen molar-refractivity contribution in [2.45, 2.75) is 130 Å². The first-order chi connectivity index (χ1) is 27.6. The summed E-state index contributed by atoms with van der Waals surface area (Å²) in [5, 5.41) is 9.38. The first kappa shape index (κ1) is 48.8. The first-order valence-corrected chi connectivity index (χ1v) is 21.5. The topological polar surface area (TPSA) is 159 Å². The van der Waals surface area contributed by atoms with Crippen LogP contribution in [-0.2, 0) is 44.6 Å².